The van der Waals surface area contributed by atoms with E-state index in [0.717, 1.165) is 36.2 Å². The molecule has 1 aliphatic heterocycles. The molecule has 1 radical (unpaired) electrons. The summed E-state index contributed by atoms with van der Waals surface area (Å²) in [4.78, 5) is 11.3. The highest BCUT2D eigenvalue weighted by molar-refractivity contribution is 5.80. The minimum absolute atomic E-state index is 0.147. The first-order valence-corrected chi connectivity index (χ1v) is 11.5. The molecule has 1 saturated heterocycles. The Balaban J connectivity index is 1.55. The Morgan fingerprint density at radius 3 is 2.61 bits per heavy atom. The van der Waals surface area contributed by atoms with E-state index < -0.39 is 0 Å². The third kappa shape index (κ3) is 3.31. The van der Waals surface area contributed by atoms with Crippen LogP contribution >= 0.6 is 0 Å². The summed E-state index contributed by atoms with van der Waals surface area (Å²) in [7, 11) is 0. The van der Waals surface area contributed by atoms with Crippen LogP contribution in [0.1, 0.15) is 67.1 Å². The van der Waals surface area contributed by atoms with Crippen molar-refractivity contribution in [2.24, 2.45) is 0 Å². The Morgan fingerprint density at radius 1 is 1.06 bits per heavy atom. The standard InChI is InChI=1S/C28H32N3/c1-18-7-11-22(12-8-18)23-13-9-20(3)25(17-23)31-16-6-15-28(31,5)27-29-24-14-10-19(2)21(4)26(24)30-27/h7-12,14,23H,6,13,15-16H2,1-5H3,(H,29,30)/t23?,28-/m0/s1. The Morgan fingerprint density at radius 2 is 1.84 bits per heavy atom. The summed E-state index contributed by atoms with van der Waals surface area (Å²) >= 11 is 0. The first-order valence-electron chi connectivity index (χ1n) is 11.5. The normalized spacial score (nSPS) is 23.9. The van der Waals surface area contributed by atoms with Crippen LogP contribution in [0.2, 0.25) is 0 Å². The molecule has 2 heterocycles. The SMILES string of the molecule is CC1=CCC(c2ccc(C)cc2)[C]=C1N1CCC[C@@]1(C)c1nc2c(C)c(C)ccc2[nH]1. The number of likely N-dealkylation sites (tertiary alicyclic amines) is 1. The molecule has 1 aromatic heterocycles. The summed E-state index contributed by atoms with van der Waals surface area (Å²) in [6, 6.07) is 13.3. The van der Waals surface area contributed by atoms with Crippen LogP contribution in [0.25, 0.3) is 11.0 Å². The van der Waals surface area contributed by atoms with E-state index in [9.17, 15) is 0 Å². The zero-order chi connectivity index (χ0) is 21.8. The molecule has 1 fully saturated rings. The van der Waals surface area contributed by atoms with Crippen molar-refractivity contribution in [3.63, 3.8) is 0 Å². The first-order chi connectivity index (χ1) is 14.9. The van der Waals surface area contributed by atoms with Crippen molar-refractivity contribution in [3.8, 4) is 0 Å². The Hall–Kier alpha value is -2.81. The van der Waals surface area contributed by atoms with Crippen LogP contribution in [0.4, 0.5) is 0 Å². The van der Waals surface area contributed by atoms with E-state index in [-0.39, 0.29) is 5.54 Å². The van der Waals surface area contributed by atoms with Gasteiger partial charge in [-0.3, -0.25) is 0 Å². The fourth-order valence-corrected chi connectivity index (χ4v) is 5.17. The number of nitrogens with zero attached hydrogens (tertiary/aromatic N) is 2. The number of allylic oxidation sites excluding steroid dienone is 3. The summed E-state index contributed by atoms with van der Waals surface area (Å²) in [6.45, 7) is 12.1. The average molecular weight is 411 g/mol. The highest BCUT2D eigenvalue weighted by Gasteiger charge is 2.42. The van der Waals surface area contributed by atoms with Crippen molar-refractivity contribution in [2.45, 2.75) is 65.3 Å². The van der Waals surface area contributed by atoms with Crippen molar-refractivity contribution >= 4 is 11.0 Å². The molecule has 31 heavy (non-hydrogen) atoms. The van der Waals surface area contributed by atoms with E-state index in [2.05, 4.69) is 93.1 Å². The number of aryl methyl sites for hydroxylation is 3. The number of hydrogen-bond acceptors (Lipinski definition) is 2. The molecule has 3 aromatic rings. The number of imidazole rings is 1. The van der Waals surface area contributed by atoms with E-state index in [4.69, 9.17) is 4.98 Å². The van der Waals surface area contributed by atoms with E-state index >= 15 is 0 Å². The summed E-state index contributed by atoms with van der Waals surface area (Å²) in [5.41, 5.74) is 9.90. The van der Waals surface area contributed by atoms with Crippen molar-refractivity contribution < 1.29 is 0 Å². The molecule has 2 aliphatic rings. The summed E-state index contributed by atoms with van der Waals surface area (Å²) in [5, 5.41) is 0. The Bertz CT molecular complexity index is 1190. The van der Waals surface area contributed by atoms with Gasteiger partial charge in [0.25, 0.3) is 0 Å². The maximum absolute atomic E-state index is 5.13. The lowest BCUT2D eigenvalue weighted by Crippen LogP contribution is -2.40. The molecule has 2 aromatic carbocycles. The summed E-state index contributed by atoms with van der Waals surface area (Å²) < 4.78 is 0. The molecule has 1 unspecified atom stereocenters. The molecule has 3 nitrogen and oxygen atoms in total. The van der Waals surface area contributed by atoms with Gasteiger partial charge in [0.15, 0.2) is 0 Å². The monoisotopic (exact) mass is 410 g/mol. The molecule has 0 bridgehead atoms. The fourth-order valence-electron chi connectivity index (χ4n) is 5.17. The lowest BCUT2D eigenvalue weighted by molar-refractivity contribution is 0.197. The number of hydrogen-bond donors (Lipinski definition) is 1. The maximum atomic E-state index is 5.13. The molecule has 0 spiro atoms. The lowest BCUT2D eigenvalue weighted by Gasteiger charge is -2.39. The highest BCUT2D eigenvalue weighted by Crippen LogP contribution is 2.44. The van der Waals surface area contributed by atoms with Gasteiger partial charge in [-0.15, -0.1) is 0 Å². The van der Waals surface area contributed by atoms with Crippen molar-refractivity contribution in [3.05, 3.63) is 87.9 Å². The number of rotatable bonds is 3. The van der Waals surface area contributed by atoms with Crippen LogP contribution in [-0.4, -0.2) is 21.4 Å². The zero-order valence-electron chi connectivity index (χ0n) is 19.3. The van der Waals surface area contributed by atoms with Crippen molar-refractivity contribution in [1.29, 1.82) is 0 Å². The Kier molecular flexibility index (Phi) is 4.80. The second-order valence-corrected chi connectivity index (χ2v) is 9.60. The number of aromatic amines is 1. The molecule has 159 valence electrons. The van der Waals surface area contributed by atoms with Gasteiger partial charge in [0.1, 0.15) is 5.82 Å². The number of fused-ring (bicyclic) bond motifs is 1. The molecule has 0 amide bonds. The molecule has 2 atom stereocenters. The molecule has 1 aliphatic carbocycles. The topological polar surface area (TPSA) is 31.9 Å². The summed E-state index contributed by atoms with van der Waals surface area (Å²) in [5.74, 6) is 1.39. The van der Waals surface area contributed by atoms with Crippen LogP contribution in [0.3, 0.4) is 0 Å². The van der Waals surface area contributed by atoms with Gasteiger partial charge in [-0.05, 0) is 88.3 Å². The van der Waals surface area contributed by atoms with Gasteiger partial charge in [0.2, 0.25) is 0 Å². The van der Waals surface area contributed by atoms with Crippen molar-refractivity contribution in [1.82, 2.24) is 14.9 Å². The zero-order valence-corrected chi connectivity index (χ0v) is 19.3. The molecule has 0 saturated carbocycles. The predicted octanol–water partition coefficient (Wildman–Crippen LogP) is 6.62. The quantitative estimate of drug-likeness (QED) is 0.526. The number of benzene rings is 2. The largest absolute Gasteiger partial charge is 0.358 e. The third-order valence-corrected chi connectivity index (χ3v) is 7.42. The van der Waals surface area contributed by atoms with Gasteiger partial charge in [-0.25, -0.2) is 4.98 Å². The number of aromatic nitrogens is 2. The van der Waals surface area contributed by atoms with E-state index in [1.807, 2.05) is 0 Å². The molecular weight excluding hydrogens is 378 g/mol. The van der Waals surface area contributed by atoms with Crippen LogP contribution < -0.4 is 0 Å². The average Bonchev–Trinajstić information content (AvgIpc) is 3.37. The summed E-state index contributed by atoms with van der Waals surface area (Å²) in [6.07, 6.45) is 9.56. The van der Waals surface area contributed by atoms with Crippen LogP contribution in [0.5, 0.6) is 0 Å². The molecule has 3 heteroatoms. The second-order valence-electron chi connectivity index (χ2n) is 9.60. The van der Waals surface area contributed by atoms with E-state index in [1.165, 1.54) is 39.9 Å². The highest BCUT2D eigenvalue weighted by atomic mass is 15.3. The van der Waals surface area contributed by atoms with Crippen LogP contribution in [-0.2, 0) is 5.54 Å². The minimum Gasteiger partial charge on any atom is -0.358 e. The van der Waals surface area contributed by atoms with E-state index in [0.29, 0.717) is 5.92 Å². The number of nitrogens with one attached hydrogen (secondary N) is 1. The fraction of sp³-hybridized carbons (Fsp3) is 0.393. The van der Waals surface area contributed by atoms with E-state index in [1.54, 1.807) is 0 Å². The lowest BCUT2D eigenvalue weighted by atomic mass is 9.87. The van der Waals surface area contributed by atoms with Gasteiger partial charge in [0, 0.05) is 18.2 Å². The third-order valence-electron chi connectivity index (χ3n) is 7.42. The van der Waals surface area contributed by atoms with Crippen LogP contribution in [0.15, 0.2) is 53.7 Å². The molecule has 1 N–H and O–H groups in total. The number of H-pyrrole nitrogens is 1. The van der Waals surface area contributed by atoms with Gasteiger partial charge in [0.05, 0.1) is 16.6 Å². The van der Waals surface area contributed by atoms with Gasteiger partial charge in [-0.2, -0.15) is 0 Å². The van der Waals surface area contributed by atoms with Gasteiger partial charge in [-0.1, -0.05) is 42.0 Å². The predicted molar refractivity (Wildman–Crippen MR) is 128 cm³/mol. The second kappa shape index (κ2) is 7.40. The minimum atomic E-state index is -0.147. The molecule has 5 rings (SSSR count). The first kappa shape index (κ1) is 20.1. The smallest absolute Gasteiger partial charge is 0.132 e. The maximum Gasteiger partial charge on any atom is 0.132 e. The van der Waals surface area contributed by atoms with Crippen molar-refractivity contribution in [2.75, 3.05) is 6.54 Å². The Labute approximate surface area is 185 Å². The van der Waals surface area contributed by atoms with Gasteiger partial charge < -0.3 is 9.88 Å². The van der Waals surface area contributed by atoms with Crippen LogP contribution in [0, 0.1) is 26.8 Å². The van der Waals surface area contributed by atoms with Gasteiger partial charge >= 0.3 is 0 Å². The molecular formula is C28H32N3.